The summed E-state index contributed by atoms with van der Waals surface area (Å²) >= 11 is 5.88. The molecule has 0 spiro atoms. The minimum Gasteiger partial charge on any atom is -0.472 e. The van der Waals surface area contributed by atoms with Crippen LogP contribution in [0.1, 0.15) is 15.9 Å². The number of furan rings is 1. The van der Waals surface area contributed by atoms with Crippen LogP contribution in [0.15, 0.2) is 47.3 Å². The number of rotatable bonds is 2. The molecule has 0 aliphatic rings. The van der Waals surface area contributed by atoms with Crippen LogP contribution in [0.2, 0.25) is 5.02 Å². The van der Waals surface area contributed by atoms with Gasteiger partial charge in [0.25, 0.3) is 0 Å². The molecule has 0 amide bonds. The third-order valence-electron chi connectivity index (χ3n) is 1.90. The number of ketones is 1. The minimum absolute atomic E-state index is 0.121. The average molecular weight is 207 g/mol. The van der Waals surface area contributed by atoms with Crippen LogP contribution in [-0.2, 0) is 0 Å². The van der Waals surface area contributed by atoms with Gasteiger partial charge in [0.2, 0.25) is 0 Å². The van der Waals surface area contributed by atoms with E-state index in [1.165, 1.54) is 12.5 Å². The van der Waals surface area contributed by atoms with Gasteiger partial charge >= 0.3 is 0 Å². The summed E-state index contributed by atoms with van der Waals surface area (Å²) < 4.78 is 4.83. The molecule has 2 rings (SSSR count). The Kier molecular flexibility index (Phi) is 2.37. The van der Waals surface area contributed by atoms with Gasteiger partial charge in [-0.25, -0.2) is 0 Å². The maximum absolute atomic E-state index is 11.8. The SMILES string of the molecule is O=C(c1ccoc1)c1ccccc1Cl. The molecule has 0 unspecified atom stereocenters. The fourth-order valence-corrected chi connectivity index (χ4v) is 1.42. The number of halogens is 1. The molecule has 3 heteroatoms. The standard InChI is InChI=1S/C11H7ClO2/c12-10-4-2-1-3-9(10)11(13)8-5-6-14-7-8/h1-7H. The molecular formula is C11H7ClO2. The van der Waals surface area contributed by atoms with Crippen molar-refractivity contribution < 1.29 is 9.21 Å². The summed E-state index contributed by atoms with van der Waals surface area (Å²) in [7, 11) is 0. The Morgan fingerprint density at radius 1 is 1.21 bits per heavy atom. The largest absolute Gasteiger partial charge is 0.472 e. The predicted octanol–water partition coefficient (Wildman–Crippen LogP) is 3.16. The summed E-state index contributed by atoms with van der Waals surface area (Å²) in [5.41, 5.74) is 1.01. The van der Waals surface area contributed by atoms with Crippen molar-refractivity contribution in [2.45, 2.75) is 0 Å². The van der Waals surface area contributed by atoms with Gasteiger partial charge in [0.15, 0.2) is 5.78 Å². The summed E-state index contributed by atoms with van der Waals surface area (Å²) in [6.07, 6.45) is 2.87. The van der Waals surface area contributed by atoms with Crippen LogP contribution in [0.4, 0.5) is 0 Å². The number of carbonyl (C=O) groups excluding carboxylic acids is 1. The number of hydrogen-bond donors (Lipinski definition) is 0. The van der Waals surface area contributed by atoms with Crippen LogP contribution in [0.25, 0.3) is 0 Å². The van der Waals surface area contributed by atoms with Gasteiger partial charge in [-0.3, -0.25) is 4.79 Å². The van der Waals surface area contributed by atoms with Gasteiger partial charge in [0, 0.05) is 5.56 Å². The molecule has 0 saturated carbocycles. The van der Waals surface area contributed by atoms with Crippen molar-refractivity contribution in [3.8, 4) is 0 Å². The van der Waals surface area contributed by atoms with Crippen molar-refractivity contribution in [3.63, 3.8) is 0 Å². The van der Waals surface area contributed by atoms with E-state index in [2.05, 4.69) is 0 Å². The van der Waals surface area contributed by atoms with Crippen LogP contribution >= 0.6 is 11.6 Å². The van der Waals surface area contributed by atoms with E-state index in [0.29, 0.717) is 16.1 Å². The quantitative estimate of drug-likeness (QED) is 0.707. The van der Waals surface area contributed by atoms with Crippen LogP contribution in [-0.4, -0.2) is 5.78 Å². The molecule has 0 saturated heterocycles. The highest BCUT2D eigenvalue weighted by atomic mass is 35.5. The first kappa shape index (κ1) is 9.03. The number of benzene rings is 1. The van der Waals surface area contributed by atoms with E-state index in [1.807, 2.05) is 0 Å². The first-order valence-corrected chi connectivity index (χ1v) is 4.48. The van der Waals surface area contributed by atoms with Crippen molar-refractivity contribution in [3.05, 3.63) is 59.0 Å². The van der Waals surface area contributed by atoms with Crippen molar-refractivity contribution >= 4 is 17.4 Å². The Morgan fingerprint density at radius 2 is 2.00 bits per heavy atom. The molecule has 0 N–H and O–H groups in total. The van der Waals surface area contributed by atoms with E-state index < -0.39 is 0 Å². The maximum Gasteiger partial charge on any atom is 0.197 e. The van der Waals surface area contributed by atoms with Gasteiger partial charge in [0.05, 0.1) is 16.8 Å². The molecule has 1 aromatic carbocycles. The van der Waals surface area contributed by atoms with Gasteiger partial charge in [-0.05, 0) is 18.2 Å². The second kappa shape index (κ2) is 3.68. The van der Waals surface area contributed by atoms with Gasteiger partial charge in [-0.2, -0.15) is 0 Å². The third-order valence-corrected chi connectivity index (χ3v) is 2.23. The zero-order valence-corrected chi connectivity index (χ0v) is 7.99. The van der Waals surface area contributed by atoms with Crippen LogP contribution in [0, 0.1) is 0 Å². The average Bonchev–Trinajstić information content (AvgIpc) is 2.70. The molecule has 0 atom stereocenters. The van der Waals surface area contributed by atoms with Crippen molar-refractivity contribution in [1.29, 1.82) is 0 Å². The van der Waals surface area contributed by atoms with Crippen LogP contribution < -0.4 is 0 Å². The summed E-state index contributed by atoms with van der Waals surface area (Å²) in [6.45, 7) is 0. The normalized spacial score (nSPS) is 10.1. The second-order valence-electron chi connectivity index (χ2n) is 2.82. The molecule has 70 valence electrons. The lowest BCUT2D eigenvalue weighted by atomic mass is 10.1. The number of carbonyl (C=O) groups is 1. The molecular weight excluding hydrogens is 200 g/mol. The van der Waals surface area contributed by atoms with Crippen molar-refractivity contribution in [2.24, 2.45) is 0 Å². The lowest BCUT2D eigenvalue weighted by molar-refractivity contribution is 0.103. The topological polar surface area (TPSA) is 30.2 Å². The summed E-state index contributed by atoms with van der Waals surface area (Å²) in [5, 5.41) is 0.457. The Balaban J connectivity index is 2.42. The highest BCUT2D eigenvalue weighted by Crippen LogP contribution is 2.18. The van der Waals surface area contributed by atoms with E-state index in [0.717, 1.165) is 0 Å². The molecule has 1 heterocycles. The molecule has 0 aliphatic heterocycles. The Labute approximate surface area is 86.1 Å². The lowest BCUT2D eigenvalue weighted by Gasteiger charge is -1.99. The molecule has 2 aromatic rings. The zero-order chi connectivity index (χ0) is 9.97. The number of hydrogen-bond acceptors (Lipinski definition) is 2. The highest BCUT2D eigenvalue weighted by molar-refractivity contribution is 6.34. The Morgan fingerprint density at radius 3 is 2.64 bits per heavy atom. The smallest absolute Gasteiger partial charge is 0.197 e. The summed E-state index contributed by atoms with van der Waals surface area (Å²) in [6, 6.07) is 8.56. The third kappa shape index (κ3) is 1.56. The van der Waals surface area contributed by atoms with E-state index in [-0.39, 0.29) is 5.78 Å². The Bertz CT molecular complexity index is 446. The van der Waals surface area contributed by atoms with Crippen molar-refractivity contribution in [2.75, 3.05) is 0 Å². The molecule has 0 radical (unpaired) electrons. The highest BCUT2D eigenvalue weighted by Gasteiger charge is 2.12. The summed E-state index contributed by atoms with van der Waals surface area (Å²) in [5.74, 6) is -0.121. The lowest BCUT2D eigenvalue weighted by Crippen LogP contribution is -1.99. The van der Waals surface area contributed by atoms with E-state index in [1.54, 1.807) is 30.3 Å². The van der Waals surface area contributed by atoms with Gasteiger partial charge in [-0.15, -0.1) is 0 Å². The molecule has 2 nitrogen and oxygen atoms in total. The van der Waals surface area contributed by atoms with E-state index >= 15 is 0 Å². The second-order valence-corrected chi connectivity index (χ2v) is 3.23. The first-order chi connectivity index (χ1) is 6.79. The molecule has 1 aromatic heterocycles. The molecule has 0 aliphatic carbocycles. The summed E-state index contributed by atoms with van der Waals surface area (Å²) in [4.78, 5) is 11.8. The molecule has 14 heavy (non-hydrogen) atoms. The monoisotopic (exact) mass is 206 g/mol. The zero-order valence-electron chi connectivity index (χ0n) is 7.24. The van der Waals surface area contributed by atoms with Gasteiger partial charge in [0.1, 0.15) is 6.26 Å². The Hall–Kier alpha value is -1.54. The van der Waals surface area contributed by atoms with Crippen LogP contribution in [0.3, 0.4) is 0 Å². The van der Waals surface area contributed by atoms with E-state index in [9.17, 15) is 4.79 Å². The molecule has 0 bridgehead atoms. The maximum atomic E-state index is 11.8. The van der Waals surface area contributed by atoms with Crippen molar-refractivity contribution in [1.82, 2.24) is 0 Å². The van der Waals surface area contributed by atoms with Gasteiger partial charge in [-0.1, -0.05) is 23.7 Å². The van der Waals surface area contributed by atoms with Gasteiger partial charge < -0.3 is 4.42 Å². The fourth-order valence-electron chi connectivity index (χ4n) is 1.19. The van der Waals surface area contributed by atoms with Crippen LogP contribution in [0.5, 0.6) is 0 Å². The fraction of sp³-hybridized carbons (Fsp3) is 0. The predicted molar refractivity (Wildman–Crippen MR) is 53.6 cm³/mol. The molecule has 0 fully saturated rings. The minimum atomic E-state index is -0.121. The first-order valence-electron chi connectivity index (χ1n) is 4.10. The van der Waals surface area contributed by atoms with E-state index in [4.69, 9.17) is 16.0 Å².